The number of rotatable bonds is 5. The minimum Gasteiger partial charge on any atom is -0.487 e. The summed E-state index contributed by atoms with van der Waals surface area (Å²) in [5, 5.41) is 3.93. The number of hydrogen-bond donors (Lipinski definition) is 1. The molecule has 1 aliphatic heterocycles. The highest BCUT2D eigenvalue weighted by molar-refractivity contribution is 5.52. The molecule has 2 aliphatic carbocycles. The first-order valence-corrected chi connectivity index (χ1v) is 10.1. The SMILES string of the molecule is CCCC1(C)CN(c2ccc(OC3CC3)c(F)c2)C2CCCCC2N1. The van der Waals surface area contributed by atoms with Gasteiger partial charge in [-0.25, -0.2) is 4.39 Å². The molecule has 1 aromatic carbocycles. The summed E-state index contributed by atoms with van der Waals surface area (Å²) in [4.78, 5) is 2.47. The first-order chi connectivity index (χ1) is 12.1. The van der Waals surface area contributed by atoms with Gasteiger partial charge < -0.3 is 15.0 Å². The van der Waals surface area contributed by atoms with Crippen molar-refractivity contribution in [3.63, 3.8) is 0 Å². The van der Waals surface area contributed by atoms with Crippen molar-refractivity contribution < 1.29 is 9.13 Å². The molecular formula is C21H31FN2O. The number of fused-ring (bicyclic) bond motifs is 1. The van der Waals surface area contributed by atoms with Crippen LogP contribution < -0.4 is 15.0 Å². The van der Waals surface area contributed by atoms with E-state index in [0.29, 0.717) is 17.8 Å². The van der Waals surface area contributed by atoms with Crippen LogP contribution in [-0.2, 0) is 0 Å². The van der Waals surface area contributed by atoms with Crippen LogP contribution in [0.3, 0.4) is 0 Å². The lowest BCUT2D eigenvalue weighted by molar-refractivity contribution is 0.177. The first-order valence-electron chi connectivity index (χ1n) is 10.1. The van der Waals surface area contributed by atoms with E-state index in [9.17, 15) is 4.39 Å². The van der Waals surface area contributed by atoms with Crippen molar-refractivity contribution in [3.8, 4) is 5.75 Å². The van der Waals surface area contributed by atoms with Crippen LogP contribution in [0.1, 0.15) is 65.2 Å². The smallest absolute Gasteiger partial charge is 0.167 e. The zero-order valence-corrected chi connectivity index (χ0v) is 15.6. The molecule has 3 nitrogen and oxygen atoms in total. The Morgan fingerprint density at radius 3 is 2.76 bits per heavy atom. The predicted octanol–water partition coefficient (Wildman–Crippen LogP) is 4.65. The van der Waals surface area contributed by atoms with Gasteiger partial charge in [-0.15, -0.1) is 0 Å². The Kier molecular flexibility index (Phi) is 4.65. The van der Waals surface area contributed by atoms with Gasteiger partial charge in [-0.3, -0.25) is 0 Å². The number of halogens is 1. The zero-order valence-electron chi connectivity index (χ0n) is 15.6. The molecule has 1 heterocycles. The van der Waals surface area contributed by atoms with E-state index in [4.69, 9.17) is 4.74 Å². The third kappa shape index (κ3) is 3.64. The molecule has 0 bridgehead atoms. The molecule has 4 rings (SSSR count). The molecule has 1 N–H and O–H groups in total. The Hall–Kier alpha value is -1.29. The average Bonchev–Trinajstić information content (AvgIpc) is 3.40. The van der Waals surface area contributed by atoms with Crippen molar-refractivity contribution in [2.24, 2.45) is 0 Å². The van der Waals surface area contributed by atoms with E-state index in [0.717, 1.165) is 37.9 Å². The number of hydrogen-bond acceptors (Lipinski definition) is 3. The Labute approximate surface area is 150 Å². The molecule has 3 unspecified atom stereocenters. The maximum Gasteiger partial charge on any atom is 0.167 e. The maximum atomic E-state index is 14.6. The molecular weight excluding hydrogens is 315 g/mol. The van der Waals surface area contributed by atoms with Crippen LogP contribution in [-0.4, -0.2) is 30.3 Å². The molecule has 3 atom stereocenters. The van der Waals surface area contributed by atoms with Gasteiger partial charge in [0, 0.05) is 35.9 Å². The largest absolute Gasteiger partial charge is 0.487 e. The van der Waals surface area contributed by atoms with Gasteiger partial charge in [0.2, 0.25) is 0 Å². The summed E-state index contributed by atoms with van der Waals surface area (Å²) in [6, 6.07) is 6.59. The van der Waals surface area contributed by atoms with Gasteiger partial charge in [-0.05, 0) is 51.2 Å². The molecule has 25 heavy (non-hydrogen) atoms. The van der Waals surface area contributed by atoms with Crippen molar-refractivity contribution >= 4 is 5.69 Å². The summed E-state index contributed by atoms with van der Waals surface area (Å²) in [5.41, 5.74) is 1.12. The van der Waals surface area contributed by atoms with Gasteiger partial charge in [-0.1, -0.05) is 26.2 Å². The summed E-state index contributed by atoms with van der Waals surface area (Å²) in [5.74, 6) is 0.199. The topological polar surface area (TPSA) is 24.5 Å². The Balaban J connectivity index is 1.59. The average molecular weight is 346 g/mol. The molecule has 138 valence electrons. The summed E-state index contributed by atoms with van der Waals surface area (Å²) < 4.78 is 20.3. The van der Waals surface area contributed by atoms with Crippen LogP contribution in [0, 0.1) is 5.82 Å². The molecule has 1 aromatic rings. The third-order valence-corrected chi connectivity index (χ3v) is 6.05. The van der Waals surface area contributed by atoms with Gasteiger partial charge in [0.15, 0.2) is 11.6 Å². The molecule has 4 heteroatoms. The van der Waals surface area contributed by atoms with Crippen LogP contribution in [0.5, 0.6) is 5.75 Å². The Morgan fingerprint density at radius 1 is 1.24 bits per heavy atom. The van der Waals surface area contributed by atoms with Crippen LogP contribution in [0.25, 0.3) is 0 Å². The van der Waals surface area contributed by atoms with Gasteiger partial charge in [-0.2, -0.15) is 0 Å². The Morgan fingerprint density at radius 2 is 2.04 bits per heavy atom. The molecule has 1 saturated heterocycles. The number of anilines is 1. The summed E-state index contributed by atoms with van der Waals surface area (Å²) in [6.07, 6.45) is 9.65. The molecule has 0 spiro atoms. The predicted molar refractivity (Wildman–Crippen MR) is 99.9 cm³/mol. The number of benzene rings is 1. The number of nitrogens with zero attached hydrogens (tertiary/aromatic N) is 1. The minimum atomic E-state index is -0.215. The second-order valence-corrected chi connectivity index (χ2v) is 8.47. The van der Waals surface area contributed by atoms with Gasteiger partial charge >= 0.3 is 0 Å². The lowest BCUT2D eigenvalue weighted by Gasteiger charge is -2.53. The fourth-order valence-corrected chi connectivity index (χ4v) is 4.75. The molecule has 0 amide bonds. The molecule has 3 fully saturated rings. The van der Waals surface area contributed by atoms with Gasteiger partial charge in [0.05, 0.1) is 6.10 Å². The third-order valence-electron chi connectivity index (χ3n) is 6.05. The van der Waals surface area contributed by atoms with Crippen LogP contribution in [0.4, 0.5) is 10.1 Å². The van der Waals surface area contributed by atoms with E-state index in [1.807, 2.05) is 6.07 Å². The van der Waals surface area contributed by atoms with E-state index in [1.54, 1.807) is 6.07 Å². The Bertz CT molecular complexity index is 618. The number of ether oxygens (including phenoxy) is 1. The molecule has 2 saturated carbocycles. The van der Waals surface area contributed by atoms with Crippen molar-refractivity contribution in [2.75, 3.05) is 11.4 Å². The normalized spacial score (nSPS) is 32.4. The first kappa shape index (κ1) is 17.1. The molecule has 0 radical (unpaired) electrons. The summed E-state index contributed by atoms with van der Waals surface area (Å²) in [6.45, 7) is 5.52. The van der Waals surface area contributed by atoms with E-state index < -0.39 is 0 Å². The van der Waals surface area contributed by atoms with Gasteiger partial charge in [0.25, 0.3) is 0 Å². The highest BCUT2D eigenvalue weighted by Gasteiger charge is 2.42. The van der Waals surface area contributed by atoms with Crippen LogP contribution >= 0.6 is 0 Å². The summed E-state index contributed by atoms with van der Waals surface area (Å²) in [7, 11) is 0. The minimum absolute atomic E-state index is 0.104. The standard InChI is InChI=1S/C21H31FN2O/c1-3-12-21(2)14-24(19-7-5-4-6-18(19)23-21)15-8-11-20(17(22)13-15)25-16-9-10-16/h8,11,13,16,18-19,23H,3-7,9-10,12,14H2,1-2H3. The second kappa shape index (κ2) is 6.79. The van der Waals surface area contributed by atoms with E-state index >= 15 is 0 Å². The lowest BCUT2D eigenvalue weighted by Crippen LogP contribution is -2.68. The molecule has 3 aliphatic rings. The van der Waals surface area contributed by atoms with Crippen LogP contribution in [0.2, 0.25) is 0 Å². The van der Waals surface area contributed by atoms with Crippen LogP contribution in [0.15, 0.2) is 18.2 Å². The van der Waals surface area contributed by atoms with E-state index in [2.05, 4.69) is 30.1 Å². The molecule has 0 aromatic heterocycles. The van der Waals surface area contributed by atoms with Gasteiger partial charge in [0.1, 0.15) is 0 Å². The fourth-order valence-electron chi connectivity index (χ4n) is 4.75. The number of piperazine rings is 1. The zero-order chi connectivity index (χ0) is 17.4. The highest BCUT2D eigenvalue weighted by Crippen LogP contribution is 2.37. The second-order valence-electron chi connectivity index (χ2n) is 8.47. The fraction of sp³-hybridized carbons (Fsp3) is 0.714. The maximum absolute atomic E-state index is 14.6. The van der Waals surface area contributed by atoms with Crippen molar-refractivity contribution in [1.29, 1.82) is 0 Å². The van der Waals surface area contributed by atoms with Crippen molar-refractivity contribution in [1.82, 2.24) is 5.32 Å². The van der Waals surface area contributed by atoms with E-state index in [-0.39, 0.29) is 17.5 Å². The monoisotopic (exact) mass is 346 g/mol. The van der Waals surface area contributed by atoms with Crippen molar-refractivity contribution in [2.45, 2.75) is 88.9 Å². The lowest BCUT2D eigenvalue weighted by atomic mass is 9.81. The summed E-state index contributed by atoms with van der Waals surface area (Å²) >= 11 is 0. The quantitative estimate of drug-likeness (QED) is 0.840. The number of nitrogens with one attached hydrogen (secondary N) is 1. The highest BCUT2D eigenvalue weighted by atomic mass is 19.1. The van der Waals surface area contributed by atoms with Crippen molar-refractivity contribution in [3.05, 3.63) is 24.0 Å². The van der Waals surface area contributed by atoms with E-state index in [1.165, 1.54) is 25.7 Å².